The van der Waals surface area contributed by atoms with Crippen LogP contribution in [0.15, 0.2) is 60.7 Å². The van der Waals surface area contributed by atoms with Gasteiger partial charge in [0.05, 0.1) is 24.4 Å². The topological polar surface area (TPSA) is 81.2 Å². The minimum Gasteiger partial charge on any atom is -0.493 e. The first-order valence-electron chi connectivity index (χ1n) is 14.7. The molecular formula is C34H40N4O3. The van der Waals surface area contributed by atoms with E-state index in [1.807, 2.05) is 42.9 Å². The molecule has 5 aromatic rings. The van der Waals surface area contributed by atoms with Gasteiger partial charge in [-0.15, -0.1) is 0 Å². The minimum atomic E-state index is -0.330. The lowest BCUT2D eigenvalue weighted by atomic mass is 9.98. The Hall–Kier alpha value is -4.10. The van der Waals surface area contributed by atoms with Crippen LogP contribution in [0, 0.1) is 6.92 Å². The molecule has 0 radical (unpaired) electrons. The van der Waals surface area contributed by atoms with Gasteiger partial charge in [-0.2, -0.15) is 5.10 Å². The molecule has 2 heterocycles. The Balaban J connectivity index is 1.45. The zero-order valence-corrected chi connectivity index (χ0v) is 24.5. The molecule has 214 valence electrons. The Morgan fingerprint density at radius 3 is 2.61 bits per heavy atom. The van der Waals surface area contributed by atoms with Crippen molar-refractivity contribution in [2.75, 3.05) is 19.8 Å². The molecule has 2 N–H and O–H groups in total. The summed E-state index contributed by atoms with van der Waals surface area (Å²) >= 11 is 0. The molecule has 0 fully saturated rings. The lowest BCUT2D eigenvalue weighted by Gasteiger charge is -2.10. The second kappa shape index (κ2) is 13.0. The van der Waals surface area contributed by atoms with Crippen molar-refractivity contribution in [2.45, 2.75) is 53.0 Å². The number of aromatic nitrogens is 3. The molecule has 0 saturated heterocycles. The van der Waals surface area contributed by atoms with Crippen LogP contribution in [0.2, 0.25) is 0 Å². The maximum atomic E-state index is 13.1. The zero-order chi connectivity index (χ0) is 28.8. The van der Waals surface area contributed by atoms with E-state index in [1.165, 1.54) is 0 Å². The van der Waals surface area contributed by atoms with E-state index < -0.39 is 0 Å². The number of rotatable bonds is 13. The first kappa shape index (κ1) is 28.4. The molecule has 41 heavy (non-hydrogen) atoms. The summed E-state index contributed by atoms with van der Waals surface area (Å²) in [7, 11) is 1.98. The summed E-state index contributed by atoms with van der Waals surface area (Å²) < 4.78 is 13.6. The van der Waals surface area contributed by atoms with Crippen LogP contribution in [0.4, 0.5) is 0 Å². The molecule has 7 nitrogen and oxygen atoms in total. The van der Waals surface area contributed by atoms with Crippen LogP contribution in [-0.4, -0.2) is 40.5 Å². The van der Waals surface area contributed by atoms with Crippen molar-refractivity contribution in [3.8, 4) is 16.9 Å². The highest BCUT2D eigenvalue weighted by Gasteiger charge is 2.23. The van der Waals surface area contributed by atoms with Crippen molar-refractivity contribution in [2.24, 2.45) is 7.05 Å². The van der Waals surface area contributed by atoms with Crippen LogP contribution in [0.5, 0.6) is 5.75 Å². The highest BCUT2D eigenvalue weighted by Crippen LogP contribution is 2.36. The fourth-order valence-electron chi connectivity index (χ4n) is 5.53. The number of unbranched alkanes of at least 4 members (excludes halogenated alkanes) is 1. The van der Waals surface area contributed by atoms with E-state index in [-0.39, 0.29) is 5.97 Å². The SMILES string of the molecule is CCCCNCc1nn(C)c(C)c1-c1cccc2c(CCCOc3cccc4ccccc34)c(C(=O)OCC)[nH]c12. The number of carbonyl (C=O) groups excluding carboxylic acids is 1. The first-order valence-corrected chi connectivity index (χ1v) is 14.7. The highest BCUT2D eigenvalue weighted by atomic mass is 16.5. The van der Waals surface area contributed by atoms with Crippen LogP contribution in [0.3, 0.4) is 0 Å². The standard InChI is InChI=1S/C34H40N4O3/c1-5-7-20-35-22-29-31(23(3)38(4)37-29)28-17-11-16-26-27(33(36-32(26)28)34(39)40-6-2)18-12-21-41-30-19-10-14-24-13-8-9-15-25(24)30/h8-11,13-17,19,35-36H,5-7,12,18,20-22H2,1-4H3. The van der Waals surface area contributed by atoms with Crippen molar-refractivity contribution >= 4 is 27.6 Å². The summed E-state index contributed by atoms with van der Waals surface area (Å²) in [4.78, 5) is 16.6. The van der Waals surface area contributed by atoms with Crippen molar-refractivity contribution in [1.29, 1.82) is 0 Å². The summed E-state index contributed by atoms with van der Waals surface area (Å²) in [5.41, 5.74) is 6.66. The Kier molecular flexibility index (Phi) is 9.04. The molecule has 0 spiro atoms. The van der Waals surface area contributed by atoms with Gasteiger partial charge in [-0.3, -0.25) is 4.68 Å². The molecule has 5 rings (SSSR count). The Labute approximate surface area is 241 Å². The molecule has 0 bridgehead atoms. The quantitative estimate of drug-likeness (QED) is 0.120. The molecule has 0 aliphatic heterocycles. The Morgan fingerprint density at radius 1 is 1.00 bits per heavy atom. The summed E-state index contributed by atoms with van der Waals surface area (Å²) in [5, 5.41) is 11.7. The van der Waals surface area contributed by atoms with Gasteiger partial charge in [0.1, 0.15) is 11.4 Å². The number of nitrogens with zero attached hydrogens (tertiary/aromatic N) is 2. The Morgan fingerprint density at radius 2 is 1.78 bits per heavy atom. The molecule has 0 aliphatic rings. The summed E-state index contributed by atoms with van der Waals surface area (Å²) in [6.45, 7) is 8.63. The molecule has 7 heteroatoms. The number of ether oxygens (including phenoxy) is 2. The van der Waals surface area contributed by atoms with E-state index in [1.54, 1.807) is 0 Å². The third kappa shape index (κ3) is 6.00. The lowest BCUT2D eigenvalue weighted by molar-refractivity contribution is 0.0519. The number of fused-ring (bicyclic) bond motifs is 2. The minimum absolute atomic E-state index is 0.319. The maximum Gasteiger partial charge on any atom is 0.355 e. The van der Waals surface area contributed by atoms with Crippen molar-refractivity contribution in [1.82, 2.24) is 20.1 Å². The normalized spacial score (nSPS) is 11.4. The van der Waals surface area contributed by atoms with E-state index in [0.717, 1.165) is 81.3 Å². The molecule has 0 amide bonds. The lowest BCUT2D eigenvalue weighted by Crippen LogP contribution is -2.15. The predicted molar refractivity (Wildman–Crippen MR) is 166 cm³/mol. The average molecular weight is 553 g/mol. The maximum absolute atomic E-state index is 13.1. The molecule has 0 unspecified atom stereocenters. The smallest absolute Gasteiger partial charge is 0.355 e. The number of esters is 1. The molecular weight excluding hydrogens is 512 g/mol. The van der Waals surface area contributed by atoms with E-state index in [4.69, 9.17) is 14.6 Å². The molecule has 0 saturated carbocycles. The fraction of sp³-hybridized carbons (Fsp3) is 0.353. The van der Waals surface area contributed by atoms with Gasteiger partial charge in [-0.25, -0.2) is 4.79 Å². The van der Waals surface area contributed by atoms with Gasteiger partial charge in [-0.1, -0.05) is 67.9 Å². The van der Waals surface area contributed by atoms with Gasteiger partial charge in [0, 0.05) is 41.2 Å². The average Bonchev–Trinajstić information content (AvgIpc) is 3.50. The number of carbonyl (C=O) groups is 1. The van der Waals surface area contributed by atoms with Crippen molar-refractivity contribution < 1.29 is 14.3 Å². The number of aromatic amines is 1. The second-order valence-electron chi connectivity index (χ2n) is 10.4. The number of hydrogen-bond acceptors (Lipinski definition) is 5. The van der Waals surface area contributed by atoms with Crippen LogP contribution in [0.25, 0.3) is 32.8 Å². The molecule has 3 aromatic carbocycles. The third-order valence-electron chi connectivity index (χ3n) is 7.67. The van der Waals surface area contributed by atoms with E-state index in [2.05, 4.69) is 60.5 Å². The van der Waals surface area contributed by atoms with Gasteiger partial charge in [0.25, 0.3) is 0 Å². The third-order valence-corrected chi connectivity index (χ3v) is 7.67. The van der Waals surface area contributed by atoms with E-state index in [9.17, 15) is 4.79 Å². The van der Waals surface area contributed by atoms with Gasteiger partial charge >= 0.3 is 5.97 Å². The van der Waals surface area contributed by atoms with Crippen molar-refractivity contribution in [3.63, 3.8) is 0 Å². The van der Waals surface area contributed by atoms with Crippen LogP contribution >= 0.6 is 0 Å². The first-order chi connectivity index (χ1) is 20.0. The number of hydrogen-bond donors (Lipinski definition) is 2. The second-order valence-corrected chi connectivity index (χ2v) is 10.4. The van der Waals surface area contributed by atoms with Gasteiger partial charge < -0.3 is 19.8 Å². The van der Waals surface area contributed by atoms with Gasteiger partial charge in [0.15, 0.2) is 0 Å². The Bertz CT molecular complexity index is 1640. The highest BCUT2D eigenvalue weighted by molar-refractivity contribution is 6.04. The molecule has 2 aromatic heterocycles. The van der Waals surface area contributed by atoms with E-state index in [0.29, 0.717) is 31.9 Å². The summed E-state index contributed by atoms with van der Waals surface area (Å²) in [6.07, 6.45) is 3.71. The zero-order valence-electron chi connectivity index (χ0n) is 24.5. The van der Waals surface area contributed by atoms with E-state index >= 15 is 0 Å². The fourth-order valence-corrected chi connectivity index (χ4v) is 5.53. The largest absolute Gasteiger partial charge is 0.493 e. The molecule has 0 atom stereocenters. The summed E-state index contributed by atoms with van der Waals surface area (Å²) in [6, 6.07) is 20.6. The number of para-hydroxylation sites is 1. The van der Waals surface area contributed by atoms with Crippen LogP contribution in [0.1, 0.15) is 60.5 Å². The van der Waals surface area contributed by atoms with Crippen LogP contribution in [-0.2, 0) is 24.8 Å². The monoisotopic (exact) mass is 552 g/mol. The number of benzene rings is 3. The van der Waals surface area contributed by atoms with Crippen molar-refractivity contribution in [3.05, 3.63) is 83.3 Å². The predicted octanol–water partition coefficient (Wildman–Crippen LogP) is 7.11. The number of nitrogens with one attached hydrogen (secondary N) is 2. The number of H-pyrrole nitrogens is 1. The molecule has 0 aliphatic carbocycles. The number of aryl methyl sites for hydroxylation is 2. The van der Waals surface area contributed by atoms with Gasteiger partial charge in [-0.05, 0) is 56.7 Å². The van der Waals surface area contributed by atoms with Crippen LogP contribution < -0.4 is 10.1 Å². The van der Waals surface area contributed by atoms with Gasteiger partial charge in [0.2, 0.25) is 0 Å². The summed E-state index contributed by atoms with van der Waals surface area (Å²) in [5.74, 6) is 0.547.